The van der Waals surface area contributed by atoms with Gasteiger partial charge in [0.25, 0.3) is 0 Å². The SMILES string of the molecule is CC[B-]1(CC)CCCC1.[Na+]. The van der Waals surface area contributed by atoms with Gasteiger partial charge in [0.05, 0.1) is 0 Å². The first-order valence-corrected chi connectivity index (χ1v) is 4.55. The molecule has 0 spiro atoms. The third-order valence-corrected chi connectivity index (χ3v) is 3.62. The maximum absolute atomic E-state index is 2.37. The summed E-state index contributed by atoms with van der Waals surface area (Å²) in [6.45, 7) is 4.74. The summed E-state index contributed by atoms with van der Waals surface area (Å²) in [6, 6.07) is 0. The fourth-order valence-corrected chi connectivity index (χ4v) is 2.40. The van der Waals surface area contributed by atoms with Crippen molar-refractivity contribution in [2.24, 2.45) is 0 Å². The predicted molar refractivity (Wildman–Crippen MR) is 45.6 cm³/mol. The van der Waals surface area contributed by atoms with Gasteiger partial charge in [0.15, 0.2) is 0 Å². The van der Waals surface area contributed by atoms with E-state index in [1.807, 2.05) is 0 Å². The van der Waals surface area contributed by atoms with Crippen LogP contribution >= 0.6 is 0 Å². The van der Waals surface area contributed by atoms with Gasteiger partial charge < -0.3 is 0 Å². The maximum atomic E-state index is 2.37. The van der Waals surface area contributed by atoms with Crippen molar-refractivity contribution in [1.29, 1.82) is 0 Å². The van der Waals surface area contributed by atoms with Crippen molar-refractivity contribution in [1.82, 2.24) is 0 Å². The molecule has 0 nitrogen and oxygen atoms in total. The van der Waals surface area contributed by atoms with E-state index in [4.69, 9.17) is 0 Å². The fraction of sp³-hybridized carbons (Fsp3) is 1.00. The van der Waals surface area contributed by atoms with Crippen LogP contribution in [0.5, 0.6) is 0 Å². The zero-order valence-electron chi connectivity index (χ0n) is 7.82. The topological polar surface area (TPSA) is 0 Å². The van der Waals surface area contributed by atoms with Gasteiger partial charge in [-0.2, -0.15) is 25.3 Å². The summed E-state index contributed by atoms with van der Waals surface area (Å²) in [6.07, 6.45) is 9.26. The normalized spacial score (nSPS) is 22.2. The van der Waals surface area contributed by atoms with Gasteiger partial charge in [-0.05, 0) is 0 Å². The molecule has 0 aliphatic carbocycles. The molecular weight excluding hydrogens is 130 g/mol. The van der Waals surface area contributed by atoms with E-state index in [1.165, 1.54) is 25.5 Å². The molecule has 0 N–H and O–H groups in total. The first-order valence-electron chi connectivity index (χ1n) is 4.55. The Labute approximate surface area is 87.4 Å². The molecule has 0 atom stereocenters. The average Bonchev–Trinajstić information content (AvgIpc) is 2.36. The molecule has 54 valence electrons. The van der Waals surface area contributed by atoms with Crippen LogP contribution < -0.4 is 29.6 Å². The Hall–Kier alpha value is 1.06. The molecule has 1 heterocycles. The number of rotatable bonds is 2. The Morgan fingerprint density at radius 3 is 1.60 bits per heavy atom. The van der Waals surface area contributed by atoms with E-state index in [2.05, 4.69) is 13.8 Å². The van der Waals surface area contributed by atoms with Crippen molar-refractivity contribution < 1.29 is 29.6 Å². The standard InChI is InChI=1S/C8H18B.Na/c1-3-9(4-2)7-5-6-8-9;/h3-8H2,1-2H3;/q-1;+1. The van der Waals surface area contributed by atoms with Crippen molar-refractivity contribution in [2.75, 3.05) is 0 Å². The van der Waals surface area contributed by atoms with Crippen LogP contribution in [-0.2, 0) is 0 Å². The largest absolute Gasteiger partial charge is 1.00 e. The molecule has 0 bridgehead atoms. The minimum atomic E-state index is 0. The summed E-state index contributed by atoms with van der Waals surface area (Å²) in [5.41, 5.74) is 0. The summed E-state index contributed by atoms with van der Waals surface area (Å²) in [7, 11) is 0. The van der Waals surface area contributed by atoms with Gasteiger partial charge >= 0.3 is 29.6 Å². The van der Waals surface area contributed by atoms with Gasteiger partial charge in [-0.3, -0.25) is 0 Å². The molecule has 1 aliphatic heterocycles. The molecule has 0 radical (unpaired) electrons. The monoisotopic (exact) mass is 148 g/mol. The maximum Gasteiger partial charge on any atom is 1.00 e. The molecule has 1 rings (SSSR count). The van der Waals surface area contributed by atoms with E-state index in [9.17, 15) is 0 Å². The van der Waals surface area contributed by atoms with Crippen molar-refractivity contribution in [3.05, 3.63) is 0 Å². The summed E-state index contributed by atoms with van der Waals surface area (Å²) >= 11 is 0. The molecule has 0 aromatic heterocycles. The molecule has 0 amide bonds. The average molecular weight is 148 g/mol. The minimum absolute atomic E-state index is 0. The molecule has 2 heteroatoms. The number of hydrogen-bond acceptors (Lipinski definition) is 0. The molecule has 0 unspecified atom stereocenters. The van der Waals surface area contributed by atoms with E-state index in [0.717, 1.165) is 0 Å². The Kier molecular flexibility index (Phi) is 5.36. The third kappa shape index (κ3) is 2.28. The Balaban J connectivity index is 0.000000810. The van der Waals surface area contributed by atoms with E-state index < -0.39 is 0 Å². The fourth-order valence-electron chi connectivity index (χ4n) is 2.40. The quantitative estimate of drug-likeness (QED) is 0.493. The smallest absolute Gasteiger partial charge is 0.181 e. The van der Waals surface area contributed by atoms with Gasteiger partial charge in [-0.15, -0.1) is 0 Å². The van der Waals surface area contributed by atoms with Gasteiger partial charge in [0.1, 0.15) is 0 Å². The van der Waals surface area contributed by atoms with Crippen molar-refractivity contribution in [3.63, 3.8) is 0 Å². The van der Waals surface area contributed by atoms with Crippen LogP contribution in [0.4, 0.5) is 0 Å². The minimum Gasteiger partial charge on any atom is -0.181 e. The van der Waals surface area contributed by atoms with Gasteiger partial charge in [0.2, 0.25) is 0 Å². The van der Waals surface area contributed by atoms with Crippen LogP contribution in [0.3, 0.4) is 0 Å². The van der Waals surface area contributed by atoms with E-state index >= 15 is 0 Å². The Bertz CT molecular complexity index is 81.3. The Morgan fingerprint density at radius 2 is 1.40 bits per heavy atom. The van der Waals surface area contributed by atoms with Crippen LogP contribution in [0.25, 0.3) is 0 Å². The molecule has 10 heavy (non-hydrogen) atoms. The zero-order chi connectivity index (χ0) is 6.74. The summed E-state index contributed by atoms with van der Waals surface area (Å²) in [4.78, 5) is 0. The first-order chi connectivity index (χ1) is 4.33. The number of hydrogen-bond donors (Lipinski definition) is 0. The van der Waals surface area contributed by atoms with Crippen LogP contribution in [0.1, 0.15) is 26.7 Å². The van der Waals surface area contributed by atoms with E-state index in [0.29, 0.717) is 0 Å². The van der Waals surface area contributed by atoms with Crippen molar-refractivity contribution >= 4 is 6.15 Å². The zero-order valence-corrected chi connectivity index (χ0v) is 9.82. The second kappa shape index (κ2) is 4.85. The van der Waals surface area contributed by atoms with Gasteiger partial charge in [0, 0.05) is 6.15 Å². The molecule has 0 aromatic rings. The van der Waals surface area contributed by atoms with Crippen LogP contribution in [-0.4, -0.2) is 6.15 Å². The van der Waals surface area contributed by atoms with Crippen LogP contribution in [0, 0.1) is 0 Å². The van der Waals surface area contributed by atoms with Crippen LogP contribution in [0.15, 0.2) is 0 Å². The molecule has 1 saturated heterocycles. The van der Waals surface area contributed by atoms with E-state index in [1.54, 1.807) is 12.6 Å². The van der Waals surface area contributed by atoms with Crippen LogP contribution in [0.2, 0.25) is 25.3 Å². The molecular formula is C8H18BNa. The molecule has 0 aromatic carbocycles. The van der Waals surface area contributed by atoms with Crippen molar-refractivity contribution in [2.45, 2.75) is 52.0 Å². The van der Waals surface area contributed by atoms with Crippen molar-refractivity contribution in [3.8, 4) is 0 Å². The third-order valence-electron chi connectivity index (χ3n) is 3.62. The summed E-state index contributed by atoms with van der Waals surface area (Å²) in [5, 5.41) is 0. The summed E-state index contributed by atoms with van der Waals surface area (Å²) < 4.78 is 0. The van der Waals surface area contributed by atoms with Gasteiger partial charge in [-0.25, -0.2) is 0 Å². The second-order valence-corrected chi connectivity index (χ2v) is 3.83. The molecule has 1 fully saturated rings. The molecule has 0 saturated carbocycles. The Morgan fingerprint density at radius 1 is 1.00 bits per heavy atom. The summed E-state index contributed by atoms with van der Waals surface area (Å²) in [5.74, 6) is 0. The first kappa shape index (κ1) is 11.1. The van der Waals surface area contributed by atoms with E-state index in [-0.39, 0.29) is 35.7 Å². The second-order valence-electron chi connectivity index (χ2n) is 3.83. The molecule has 1 aliphatic rings. The predicted octanol–water partition coefficient (Wildman–Crippen LogP) is 0.273. The van der Waals surface area contributed by atoms with Gasteiger partial charge in [-0.1, -0.05) is 26.7 Å².